The van der Waals surface area contributed by atoms with Crippen molar-refractivity contribution < 1.29 is 43.3 Å². The molecule has 3 aliphatic rings. The maximum Gasteiger partial charge on any atom is 0.334 e. The van der Waals surface area contributed by atoms with E-state index in [1.54, 1.807) is 27.0 Å². The Morgan fingerprint density at radius 1 is 1.13 bits per heavy atom. The number of amides is 1. The first-order valence-corrected chi connectivity index (χ1v) is 13.0. The first kappa shape index (κ1) is 30.4. The van der Waals surface area contributed by atoms with E-state index >= 15 is 0 Å². The molecule has 0 aromatic heterocycles. The number of hydrogen-bond acceptors (Lipinski definition) is 10. The molecular formula is C28H38N2O9. The molecule has 0 radical (unpaired) electrons. The van der Waals surface area contributed by atoms with Gasteiger partial charge in [0, 0.05) is 31.8 Å². The van der Waals surface area contributed by atoms with Crippen LogP contribution in [0.4, 0.5) is 0 Å². The lowest BCUT2D eigenvalue weighted by Crippen LogP contribution is -2.50. The van der Waals surface area contributed by atoms with Crippen LogP contribution >= 0.6 is 0 Å². The Kier molecular flexibility index (Phi) is 10.0. The number of aliphatic hydroxyl groups excluding tert-OH is 1. The second-order valence-electron chi connectivity index (χ2n) is 10.4. The van der Waals surface area contributed by atoms with E-state index in [1.807, 2.05) is 19.9 Å². The van der Waals surface area contributed by atoms with Gasteiger partial charge in [0.15, 0.2) is 0 Å². The zero-order valence-electron chi connectivity index (χ0n) is 23.2. The highest BCUT2D eigenvalue weighted by Crippen LogP contribution is 2.38. The van der Waals surface area contributed by atoms with Crippen LogP contribution in [0.2, 0.25) is 0 Å². The lowest BCUT2D eigenvalue weighted by atomic mass is 9.80. The molecule has 2 aliphatic heterocycles. The summed E-state index contributed by atoms with van der Waals surface area (Å²) >= 11 is 0. The van der Waals surface area contributed by atoms with E-state index in [9.17, 15) is 24.3 Å². The minimum absolute atomic E-state index is 0.165. The Morgan fingerprint density at radius 3 is 2.41 bits per heavy atom. The molecule has 1 saturated heterocycles. The molecule has 0 saturated carbocycles. The number of hydrogen-bond donors (Lipinski definition) is 3. The van der Waals surface area contributed by atoms with Crippen molar-refractivity contribution in [1.82, 2.24) is 5.32 Å². The fourth-order valence-electron chi connectivity index (χ4n) is 5.59. The number of nitrogens with two attached hydrogens (primary N) is 1. The molecule has 7 atom stereocenters. The smallest absolute Gasteiger partial charge is 0.334 e. The number of Topliss-reactive ketones (excluding diaryl/α,β-unsaturated/α-hetero) is 1. The molecule has 11 heteroatoms. The molecule has 1 fully saturated rings. The van der Waals surface area contributed by atoms with Crippen LogP contribution in [0, 0.1) is 17.8 Å². The van der Waals surface area contributed by atoms with Gasteiger partial charge < -0.3 is 29.5 Å². The number of allylic oxidation sites excluding steroid dienone is 2. The molecule has 4 bridgehead atoms. The molecule has 0 spiro atoms. The molecule has 2 heterocycles. The van der Waals surface area contributed by atoms with Gasteiger partial charge in [0.25, 0.3) is 5.91 Å². The number of carbonyl (C=O) groups excluding carboxylic acids is 4. The van der Waals surface area contributed by atoms with Crippen molar-refractivity contribution in [1.29, 1.82) is 0 Å². The van der Waals surface area contributed by atoms with Gasteiger partial charge in [0.2, 0.25) is 11.6 Å². The molecule has 0 unspecified atom stereocenters. The highest BCUT2D eigenvalue weighted by Gasteiger charge is 2.45. The van der Waals surface area contributed by atoms with Crippen LogP contribution < -0.4 is 11.2 Å². The maximum absolute atomic E-state index is 13.0. The Balaban J connectivity index is 2.16. The number of rotatable bonds is 3. The number of ketones is 2. The van der Waals surface area contributed by atoms with E-state index in [0.717, 1.165) is 6.08 Å². The second kappa shape index (κ2) is 12.8. The zero-order chi connectivity index (χ0) is 29.0. The summed E-state index contributed by atoms with van der Waals surface area (Å²) in [5.74, 6) is 0.305. The average Bonchev–Trinajstić information content (AvgIpc) is 2.90. The third-order valence-corrected chi connectivity index (χ3v) is 7.72. The number of ether oxygens (including phenoxy) is 3. The molecule has 4 N–H and O–H groups in total. The Morgan fingerprint density at radius 2 is 1.79 bits per heavy atom. The van der Waals surface area contributed by atoms with Gasteiger partial charge in [-0.3, -0.25) is 14.4 Å². The summed E-state index contributed by atoms with van der Waals surface area (Å²) in [7, 11) is 3.04. The SMILES string of the molecule is CO[C@H]1C[C@H](C)[C@H]2O[C@@H]1[C@@H](C)/C=C(\C)[C@H](C(=O)ON)[C@@H](OC)CC/C=C(\C)C(=O)NC1=CC(=O)C(=O)C2=C1O. The number of nitrogens with one attached hydrogen (secondary N) is 1. The van der Waals surface area contributed by atoms with Crippen LogP contribution in [0.3, 0.4) is 0 Å². The van der Waals surface area contributed by atoms with Crippen molar-refractivity contribution in [2.45, 2.75) is 71.4 Å². The monoisotopic (exact) mass is 546 g/mol. The topological polar surface area (TPSA) is 163 Å². The summed E-state index contributed by atoms with van der Waals surface area (Å²) in [5.41, 5.74) is 0.574. The largest absolute Gasteiger partial charge is 0.505 e. The Hall–Kier alpha value is -3.12. The normalized spacial score (nSPS) is 35.6. The van der Waals surface area contributed by atoms with Crippen molar-refractivity contribution >= 4 is 23.4 Å². The summed E-state index contributed by atoms with van der Waals surface area (Å²) in [6.45, 7) is 7.06. The lowest BCUT2D eigenvalue weighted by molar-refractivity contribution is -0.157. The van der Waals surface area contributed by atoms with Crippen molar-refractivity contribution in [3.8, 4) is 0 Å². The van der Waals surface area contributed by atoms with Crippen LogP contribution in [0.1, 0.15) is 47.0 Å². The first-order valence-electron chi connectivity index (χ1n) is 13.0. The van der Waals surface area contributed by atoms with Gasteiger partial charge in [-0.2, -0.15) is 5.90 Å². The predicted octanol–water partition coefficient (Wildman–Crippen LogP) is 2.13. The van der Waals surface area contributed by atoms with Crippen molar-refractivity contribution in [2.24, 2.45) is 23.7 Å². The van der Waals surface area contributed by atoms with Crippen LogP contribution in [-0.4, -0.2) is 67.2 Å². The highest BCUT2D eigenvalue weighted by molar-refractivity contribution is 6.48. The van der Waals surface area contributed by atoms with Gasteiger partial charge in [-0.25, -0.2) is 4.79 Å². The molecule has 1 amide bonds. The first-order chi connectivity index (χ1) is 18.4. The van der Waals surface area contributed by atoms with Gasteiger partial charge in [-0.05, 0) is 39.0 Å². The quantitative estimate of drug-likeness (QED) is 0.207. The summed E-state index contributed by atoms with van der Waals surface area (Å²) < 4.78 is 17.8. The van der Waals surface area contributed by atoms with E-state index in [0.29, 0.717) is 30.4 Å². The third-order valence-electron chi connectivity index (χ3n) is 7.72. The van der Waals surface area contributed by atoms with Gasteiger partial charge in [-0.15, -0.1) is 0 Å². The van der Waals surface area contributed by atoms with Gasteiger partial charge >= 0.3 is 5.97 Å². The van der Waals surface area contributed by atoms with Gasteiger partial charge in [0.05, 0.1) is 35.7 Å². The Bertz CT molecular complexity index is 1140. The molecule has 39 heavy (non-hydrogen) atoms. The minimum atomic E-state index is -0.946. The zero-order valence-corrected chi connectivity index (χ0v) is 23.2. The van der Waals surface area contributed by atoms with Crippen LogP contribution in [0.5, 0.6) is 0 Å². The van der Waals surface area contributed by atoms with Crippen molar-refractivity contribution in [3.63, 3.8) is 0 Å². The summed E-state index contributed by atoms with van der Waals surface area (Å²) in [6.07, 6.45) is 3.10. The van der Waals surface area contributed by atoms with Crippen molar-refractivity contribution in [3.05, 3.63) is 46.4 Å². The maximum atomic E-state index is 13.0. The molecule has 11 nitrogen and oxygen atoms in total. The number of carbonyl (C=O) groups is 4. The van der Waals surface area contributed by atoms with E-state index in [2.05, 4.69) is 10.2 Å². The molecule has 3 rings (SSSR count). The predicted molar refractivity (Wildman–Crippen MR) is 140 cm³/mol. The fourth-order valence-corrected chi connectivity index (χ4v) is 5.59. The van der Waals surface area contributed by atoms with E-state index in [1.165, 1.54) is 7.11 Å². The summed E-state index contributed by atoms with van der Waals surface area (Å²) in [4.78, 5) is 55.9. The van der Waals surface area contributed by atoms with E-state index < -0.39 is 53.4 Å². The summed E-state index contributed by atoms with van der Waals surface area (Å²) in [5, 5.41) is 13.6. The lowest BCUT2D eigenvalue weighted by Gasteiger charge is -2.43. The highest BCUT2D eigenvalue weighted by atomic mass is 16.7. The number of methoxy groups -OCH3 is 2. The fraction of sp³-hybridized carbons (Fsp3) is 0.571. The Labute approximate surface area is 228 Å². The minimum Gasteiger partial charge on any atom is -0.505 e. The van der Waals surface area contributed by atoms with Crippen LogP contribution in [0.15, 0.2) is 46.4 Å². The third kappa shape index (κ3) is 6.38. The summed E-state index contributed by atoms with van der Waals surface area (Å²) in [6, 6.07) is 0. The van der Waals surface area contributed by atoms with E-state index in [4.69, 9.17) is 20.1 Å². The number of aliphatic hydroxyl groups is 1. The number of fused-ring (bicyclic) bond motifs is 4. The van der Waals surface area contributed by atoms with E-state index in [-0.39, 0.29) is 29.2 Å². The van der Waals surface area contributed by atoms with Crippen molar-refractivity contribution in [2.75, 3.05) is 14.2 Å². The molecule has 1 aliphatic carbocycles. The van der Waals surface area contributed by atoms with Gasteiger partial charge in [-0.1, -0.05) is 31.6 Å². The van der Waals surface area contributed by atoms with Gasteiger partial charge in [0.1, 0.15) is 11.7 Å². The molecular weight excluding hydrogens is 508 g/mol. The standard InChI is InChI=1S/C28H38N2O9/c1-13-8-7-9-19(36-5)21(28(35)39-29)14(2)10-15(3)25-20(37-6)11-16(4)26(38-25)22-23(32)17(30-27(13)34)12-18(31)24(22)33/h8,10,12,15-16,19-21,25-26,32H,7,9,11,29H2,1-6H3,(H,30,34)/b13-8+,14-10+/t15-,16-,19-,20-,21-,25+,26+/m0/s1. The molecule has 0 aromatic carbocycles. The van der Waals surface area contributed by atoms with Crippen LogP contribution in [0.25, 0.3) is 0 Å². The molecule has 214 valence electrons. The molecule has 0 aromatic rings. The van der Waals surface area contributed by atoms with Crippen LogP contribution in [-0.2, 0) is 38.2 Å². The average molecular weight is 547 g/mol. The second-order valence-corrected chi connectivity index (χ2v) is 10.4.